The average Bonchev–Trinajstić information content (AvgIpc) is 2.56. The molecule has 4 nitrogen and oxygen atoms in total. The molecule has 0 aliphatic rings. The van der Waals surface area contributed by atoms with Crippen molar-refractivity contribution in [2.45, 2.75) is 11.8 Å². The van der Waals surface area contributed by atoms with Gasteiger partial charge in [0.1, 0.15) is 11.6 Å². The van der Waals surface area contributed by atoms with E-state index < -0.39 is 30.1 Å². The minimum absolute atomic E-state index is 0.0102. The maximum atomic E-state index is 13.4. The summed E-state index contributed by atoms with van der Waals surface area (Å²) in [6.07, 6.45) is 0. The van der Waals surface area contributed by atoms with Crippen molar-refractivity contribution >= 4 is 29.3 Å². The van der Waals surface area contributed by atoms with Gasteiger partial charge in [0.25, 0.3) is 5.91 Å². The molecule has 0 aliphatic carbocycles. The molecule has 2 aromatic rings. The van der Waals surface area contributed by atoms with E-state index in [0.717, 1.165) is 35.5 Å². The number of rotatable bonds is 6. The van der Waals surface area contributed by atoms with Crippen LogP contribution in [-0.4, -0.2) is 24.2 Å². The number of ether oxygens (including phenoxy) is 1. The van der Waals surface area contributed by atoms with Crippen molar-refractivity contribution in [3.63, 3.8) is 0 Å². The molecule has 0 saturated heterocycles. The van der Waals surface area contributed by atoms with Gasteiger partial charge in [-0.2, -0.15) is 0 Å². The van der Waals surface area contributed by atoms with E-state index in [0.29, 0.717) is 5.69 Å². The number of esters is 1. The number of carbonyl (C=O) groups is 2. The Balaban J connectivity index is 1.75. The van der Waals surface area contributed by atoms with E-state index in [1.807, 2.05) is 19.1 Å². The second-order valence-electron chi connectivity index (χ2n) is 4.94. The van der Waals surface area contributed by atoms with Crippen LogP contribution in [0.2, 0.25) is 0 Å². The predicted molar refractivity (Wildman–Crippen MR) is 87.8 cm³/mol. The first kappa shape index (κ1) is 17.9. The smallest absolute Gasteiger partial charge is 0.316 e. The van der Waals surface area contributed by atoms with E-state index in [4.69, 9.17) is 4.74 Å². The van der Waals surface area contributed by atoms with E-state index in [-0.39, 0.29) is 10.6 Å². The molecule has 24 heavy (non-hydrogen) atoms. The van der Waals surface area contributed by atoms with Crippen molar-refractivity contribution in [3.8, 4) is 0 Å². The summed E-state index contributed by atoms with van der Waals surface area (Å²) in [5.41, 5.74) is 1.65. The Morgan fingerprint density at radius 3 is 2.54 bits per heavy atom. The van der Waals surface area contributed by atoms with Gasteiger partial charge in [0, 0.05) is 10.6 Å². The third-order valence-corrected chi connectivity index (χ3v) is 3.94. The van der Waals surface area contributed by atoms with Crippen LogP contribution in [0.4, 0.5) is 14.5 Å². The fraction of sp³-hybridized carbons (Fsp3) is 0.176. The summed E-state index contributed by atoms with van der Waals surface area (Å²) in [6.45, 7) is 1.48. The molecule has 2 rings (SSSR count). The van der Waals surface area contributed by atoms with Gasteiger partial charge < -0.3 is 10.1 Å². The van der Waals surface area contributed by atoms with Gasteiger partial charge in [-0.15, -0.1) is 11.8 Å². The number of carbonyl (C=O) groups excluding carboxylic acids is 2. The lowest BCUT2D eigenvalue weighted by atomic mass is 10.2. The zero-order chi connectivity index (χ0) is 17.5. The minimum Gasteiger partial charge on any atom is -0.455 e. The lowest BCUT2D eigenvalue weighted by Crippen LogP contribution is -2.21. The van der Waals surface area contributed by atoms with E-state index >= 15 is 0 Å². The molecule has 0 bridgehead atoms. The highest BCUT2D eigenvalue weighted by molar-refractivity contribution is 8.00. The van der Waals surface area contributed by atoms with Gasteiger partial charge in [-0.05, 0) is 37.3 Å². The third kappa shape index (κ3) is 5.66. The summed E-state index contributed by atoms with van der Waals surface area (Å²) in [5.74, 6) is -2.61. The van der Waals surface area contributed by atoms with Crippen LogP contribution in [0.5, 0.6) is 0 Å². The van der Waals surface area contributed by atoms with Crippen LogP contribution in [0.15, 0.2) is 47.4 Å². The van der Waals surface area contributed by atoms with Crippen molar-refractivity contribution in [1.82, 2.24) is 0 Å². The van der Waals surface area contributed by atoms with Crippen LogP contribution in [0.25, 0.3) is 0 Å². The molecule has 0 atom stereocenters. The van der Waals surface area contributed by atoms with Crippen molar-refractivity contribution in [3.05, 3.63) is 59.7 Å². The number of aryl methyl sites for hydroxylation is 1. The molecule has 0 spiro atoms. The van der Waals surface area contributed by atoms with Gasteiger partial charge in [-0.25, -0.2) is 8.78 Å². The number of nitrogens with one attached hydrogen (secondary N) is 1. The Hall–Kier alpha value is -2.41. The van der Waals surface area contributed by atoms with Crippen LogP contribution in [-0.2, 0) is 14.3 Å². The second kappa shape index (κ2) is 8.44. The summed E-state index contributed by atoms with van der Waals surface area (Å²) >= 11 is 0.805. The molecule has 0 saturated carbocycles. The predicted octanol–water partition coefficient (Wildman–Crippen LogP) is 3.55. The summed E-state index contributed by atoms with van der Waals surface area (Å²) in [7, 11) is 0. The van der Waals surface area contributed by atoms with Crippen LogP contribution >= 0.6 is 11.8 Å². The molecule has 0 fully saturated rings. The second-order valence-corrected chi connectivity index (χ2v) is 5.96. The monoisotopic (exact) mass is 351 g/mol. The van der Waals surface area contributed by atoms with Crippen LogP contribution in [0, 0.1) is 18.6 Å². The summed E-state index contributed by atoms with van der Waals surface area (Å²) in [4.78, 5) is 23.3. The van der Waals surface area contributed by atoms with Crippen molar-refractivity contribution < 1.29 is 23.1 Å². The van der Waals surface area contributed by atoms with Gasteiger partial charge in [0.05, 0.1) is 5.75 Å². The first-order valence-corrected chi connectivity index (χ1v) is 8.02. The normalized spacial score (nSPS) is 10.3. The Labute approximate surface area is 142 Å². The number of hydrogen-bond acceptors (Lipinski definition) is 4. The Bertz CT molecular complexity index is 735. The number of benzene rings is 2. The zero-order valence-electron chi connectivity index (χ0n) is 12.8. The third-order valence-electron chi connectivity index (χ3n) is 2.94. The molecule has 2 aromatic carbocycles. The molecule has 0 unspecified atom stereocenters. The highest BCUT2D eigenvalue weighted by Crippen LogP contribution is 2.22. The molecule has 1 amide bonds. The maximum Gasteiger partial charge on any atom is 0.316 e. The number of thioether (sulfide) groups is 1. The lowest BCUT2D eigenvalue weighted by Gasteiger charge is -2.07. The first-order valence-electron chi connectivity index (χ1n) is 7.04. The van der Waals surface area contributed by atoms with E-state index in [1.165, 1.54) is 0 Å². The summed E-state index contributed by atoms with van der Waals surface area (Å²) in [6, 6.07) is 10.1. The highest BCUT2D eigenvalue weighted by Gasteiger charge is 2.11. The van der Waals surface area contributed by atoms with Gasteiger partial charge in [0.15, 0.2) is 6.61 Å². The first-order chi connectivity index (χ1) is 11.4. The average molecular weight is 351 g/mol. The standard InChI is InChI=1S/C17H15F2NO3S/c1-11-2-5-13(6-3-11)20-16(21)9-23-17(22)10-24-15-8-12(18)4-7-14(15)19/h2-8H,9-10H2,1H3,(H,20,21). The highest BCUT2D eigenvalue weighted by atomic mass is 32.2. The Morgan fingerprint density at radius 1 is 1.12 bits per heavy atom. The molecule has 126 valence electrons. The largest absolute Gasteiger partial charge is 0.455 e. The molecular weight excluding hydrogens is 336 g/mol. The van der Waals surface area contributed by atoms with E-state index in [9.17, 15) is 18.4 Å². The topological polar surface area (TPSA) is 55.4 Å². The van der Waals surface area contributed by atoms with Crippen molar-refractivity contribution in [1.29, 1.82) is 0 Å². The number of hydrogen-bond donors (Lipinski definition) is 1. The van der Waals surface area contributed by atoms with Crippen LogP contribution in [0.1, 0.15) is 5.56 Å². The molecule has 7 heteroatoms. The quantitative estimate of drug-likeness (QED) is 0.639. The fourth-order valence-corrected chi connectivity index (χ4v) is 2.50. The van der Waals surface area contributed by atoms with Gasteiger partial charge in [0.2, 0.25) is 0 Å². The maximum absolute atomic E-state index is 13.4. The Morgan fingerprint density at radius 2 is 1.83 bits per heavy atom. The Kier molecular flexibility index (Phi) is 6.31. The molecule has 0 heterocycles. The van der Waals surface area contributed by atoms with Crippen LogP contribution in [0.3, 0.4) is 0 Å². The molecule has 1 N–H and O–H groups in total. The number of anilines is 1. The lowest BCUT2D eigenvalue weighted by molar-refractivity contribution is -0.144. The van der Waals surface area contributed by atoms with Gasteiger partial charge in [-0.3, -0.25) is 9.59 Å². The molecule has 0 aromatic heterocycles. The summed E-state index contributed by atoms with van der Waals surface area (Å²) in [5, 5.41) is 2.58. The minimum atomic E-state index is -0.692. The van der Waals surface area contributed by atoms with Gasteiger partial charge >= 0.3 is 5.97 Å². The fourth-order valence-electron chi connectivity index (χ4n) is 1.75. The van der Waals surface area contributed by atoms with Crippen molar-refractivity contribution in [2.24, 2.45) is 0 Å². The zero-order valence-corrected chi connectivity index (χ0v) is 13.7. The van der Waals surface area contributed by atoms with Crippen LogP contribution < -0.4 is 5.32 Å². The molecule has 0 aliphatic heterocycles. The number of halogens is 2. The SMILES string of the molecule is Cc1ccc(NC(=O)COC(=O)CSc2cc(F)ccc2F)cc1. The number of amides is 1. The van der Waals surface area contributed by atoms with E-state index in [2.05, 4.69) is 5.32 Å². The molecular formula is C17H15F2NO3S. The molecule has 0 radical (unpaired) electrons. The van der Waals surface area contributed by atoms with Gasteiger partial charge in [-0.1, -0.05) is 17.7 Å². The summed E-state index contributed by atoms with van der Waals surface area (Å²) < 4.78 is 31.2. The van der Waals surface area contributed by atoms with Crippen molar-refractivity contribution in [2.75, 3.05) is 17.7 Å². The van der Waals surface area contributed by atoms with E-state index in [1.54, 1.807) is 12.1 Å².